The number of likely N-dealkylation sites (N-methyl/N-ethyl adjacent to an activating group) is 1. The molecule has 28 heavy (non-hydrogen) atoms. The van der Waals surface area contributed by atoms with Crippen molar-refractivity contribution in [3.05, 3.63) is 18.2 Å². The molecule has 1 saturated heterocycles. The van der Waals surface area contributed by atoms with Gasteiger partial charge in [-0.1, -0.05) is 13.8 Å². The lowest BCUT2D eigenvalue weighted by Gasteiger charge is -2.29. The molecule has 1 N–H and O–H groups in total. The summed E-state index contributed by atoms with van der Waals surface area (Å²) in [6.45, 7) is 7.07. The van der Waals surface area contributed by atoms with Crippen LogP contribution in [0.5, 0.6) is 11.5 Å². The number of rotatable bonds is 9. The number of aliphatic imine (C=N–C) groups is 1. The third-order valence-electron chi connectivity index (χ3n) is 4.52. The molecule has 0 radical (unpaired) electrons. The van der Waals surface area contributed by atoms with Crippen molar-refractivity contribution in [3.63, 3.8) is 0 Å². The molecule has 0 aromatic heterocycles. The summed E-state index contributed by atoms with van der Waals surface area (Å²) in [5.41, 5.74) is 0.193. The van der Waals surface area contributed by atoms with Crippen LogP contribution in [-0.2, 0) is 9.59 Å². The molecule has 4 amide bonds. The number of nitrogens with one attached hydrogen (secondary N) is 1. The summed E-state index contributed by atoms with van der Waals surface area (Å²) in [6, 6.07) is 3.89. The lowest BCUT2D eigenvalue weighted by molar-refractivity contribution is -0.131. The first-order valence-corrected chi connectivity index (χ1v) is 9.09. The van der Waals surface area contributed by atoms with Crippen LogP contribution in [0.25, 0.3) is 0 Å². The van der Waals surface area contributed by atoms with E-state index in [2.05, 4.69) is 29.1 Å². The van der Waals surface area contributed by atoms with E-state index < -0.39 is 23.8 Å². The number of carbonyl (C=O) groups is 3. The van der Waals surface area contributed by atoms with Gasteiger partial charge in [0.1, 0.15) is 11.5 Å². The molecule has 2 rings (SSSR count). The number of imide groups is 2. The van der Waals surface area contributed by atoms with Gasteiger partial charge in [0, 0.05) is 18.8 Å². The third-order valence-corrected chi connectivity index (χ3v) is 4.52. The predicted octanol–water partition coefficient (Wildman–Crippen LogP) is 1.32. The quantitative estimate of drug-likeness (QED) is 0.504. The molecule has 0 spiro atoms. The van der Waals surface area contributed by atoms with Gasteiger partial charge >= 0.3 is 6.03 Å². The van der Waals surface area contributed by atoms with Crippen molar-refractivity contribution < 1.29 is 23.9 Å². The normalized spacial score (nSPS) is 17.4. The highest BCUT2D eigenvalue weighted by Gasteiger charge is 2.41. The lowest BCUT2D eigenvalue weighted by Crippen LogP contribution is -2.58. The maximum Gasteiger partial charge on any atom is 0.335 e. The van der Waals surface area contributed by atoms with E-state index in [1.54, 1.807) is 12.1 Å². The average molecular weight is 390 g/mol. The first-order valence-electron chi connectivity index (χ1n) is 9.09. The summed E-state index contributed by atoms with van der Waals surface area (Å²) in [7, 11) is 2.90. The first-order chi connectivity index (χ1) is 13.5. The fourth-order valence-electron chi connectivity index (χ4n) is 2.84. The van der Waals surface area contributed by atoms with E-state index in [0.29, 0.717) is 18.0 Å². The molecule has 9 heteroatoms. The summed E-state index contributed by atoms with van der Waals surface area (Å²) in [5.74, 6) is -1.83. The topological polar surface area (TPSA) is 101 Å². The van der Waals surface area contributed by atoms with Gasteiger partial charge < -0.3 is 14.4 Å². The number of ether oxygens (including phenoxy) is 2. The van der Waals surface area contributed by atoms with Crippen LogP contribution in [0.3, 0.4) is 0 Å². The SMILES string of the molecule is CCN(CC)CCN=CC1C(=O)NC(=O)N(c2cc(OC)ccc2OC)C1=O. The number of nitrogens with zero attached hydrogens (tertiary/aromatic N) is 3. The summed E-state index contributed by atoms with van der Waals surface area (Å²) in [5, 5.41) is 2.20. The van der Waals surface area contributed by atoms with E-state index in [1.165, 1.54) is 26.5 Å². The van der Waals surface area contributed by atoms with Crippen LogP contribution >= 0.6 is 0 Å². The number of hydrogen-bond acceptors (Lipinski definition) is 7. The van der Waals surface area contributed by atoms with Gasteiger partial charge in [0.15, 0.2) is 5.92 Å². The molecular formula is C19H26N4O5. The zero-order valence-corrected chi connectivity index (χ0v) is 16.6. The average Bonchev–Trinajstić information content (AvgIpc) is 2.69. The Morgan fingerprint density at radius 1 is 1.18 bits per heavy atom. The predicted molar refractivity (Wildman–Crippen MR) is 105 cm³/mol. The molecule has 1 heterocycles. The Morgan fingerprint density at radius 3 is 2.50 bits per heavy atom. The van der Waals surface area contributed by atoms with Gasteiger partial charge in [-0.05, 0) is 25.2 Å². The Bertz CT molecular complexity index is 761. The van der Waals surface area contributed by atoms with E-state index in [9.17, 15) is 14.4 Å². The summed E-state index contributed by atoms with van der Waals surface area (Å²) >= 11 is 0. The highest BCUT2D eigenvalue weighted by atomic mass is 16.5. The van der Waals surface area contributed by atoms with Crippen molar-refractivity contribution in [3.8, 4) is 11.5 Å². The van der Waals surface area contributed by atoms with Crippen LogP contribution < -0.4 is 19.7 Å². The molecule has 1 unspecified atom stereocenters. The standard InChI is InChI=1S/C19H26N4O5/c1-5-22(6-2)10-9-20-12-14-17(24)21-19(26)23(18(14)25)15-11-13(27-3)7-8-16(15)28-4/h7-8,11-12,14H,5-6,9-10H2,1-4H3,(H,21,24,26). The Balaban J connectivity index is 2.24. The van der Waals surface area contributed by atoms with Crippen LogP contribution in [0.4, 0.5) is 10.5 Å². The second-order valence-electron chi connectivity index (χ2n) is 6.07. The van der Waals surface area contributed by atoms with E-state index in [1.807, 2.05) is 0 Å². The number of methoxy groups -OCH3 is 2. The molecule has 1 aromatic rings. The van der Waals surface area contributed by atoms with Crippen LogP contribution in [0, 0.1) is 5.92 Å². The minimum absolute atomic E-state index is 0.193. The number of urea groups is 1. The first kappa shape index (κ1) is 21.4. The molecule has 1 atom stereocenters. The Hall–Kier alpha value is -2.94. The molecule has 0 saturated carbocycles. The van der Waals surface area contributed by atoms with Crippen LogP contribution in [0.15, 0.2) is 23.2 Å². The van der Waals surface area contributed by atoms with Crippen LogP contribution in [-0.4, -0.2) is 69.4 Å². The number of hydrogen-bond donors (Lipinski definition) is 1. The number of barbiturate groups is 1. The third kappa shape index (κ3) is 4.66. The fourth-order valence-corrected chi connectivity index (χ4v) is 2.84. The van der Waals surface area contributed by atoms with Crippen LogP contribution in [0.2, 0.25) is 0 Å². The molecule has 1 fully saturated rings. The Labute approximate surface area is 164 Å². The van der Waals surface area contributed by atoms with Gasteiger partial charge in [-0.15, -0.1) is 0 Å². The van der Waals surface area contributed by atoms with Crippen LogP contribution in [0.1, 0.15) is 13.8 Å². The monoisotopic (exact) mass is 390 g/mol. The highest BCUT2D eigenvalue weighted by Crippen LogP contribution is 2.34. The molecule has 0 aliphatic carbocycles. The number of benzene rings is 1. The van der Waals surface area contributed by atoms with E-state index >= 15 is 0 Å². The van der Waals surface area contributed by atoms with Gasteiger partial charge in [-0.3, -0.25) is 19.9 Å². The molecular weight excluding hydrogens is 364 g/mol. The second-order valence-corrected chi connectivity index (χ2v) is 6.07. The molecule has 1 aromatic carbocycles. The van der Waals surface area contributed by atoms with Crippen molar-refractivity contribution in [2.45, 2.75) is 13.8 Å². The fraction of sp³-hybridized carbons (Fsp3) is 0.474. The van der Waals surface area contributed by atoms with Gasteiger partial charge in [0.05, 0.1) is 26.5 Å². The smallest absolute Gasteiger partial charge is 0.335 e. The van der Waals surface area contributed by atoms with E-state index in [4.69, 9.17) is 9.47 Å². The summed E-state index contributed by atoms with van der Waals surface area (Å²) in [6.07, 6.45) is 1.30. The van der Waals surface area contributed by atoms with Gasteiger partial charge in [0.2, 0.25) is 5.91 Å². The summed E-state index contributed by atoms with van der Waals surface area (Å²) in [4.78, 5) is 44.7. The Kier molecular flexibility index (Phi) is 7.51. The minimum Gasteiger partial charge on any atom is -0.497 e. The lowest BCUT2D eigenvalue weighted by atomic mass is 10.1. The zero-order valence-electron chi connectivity index (χ0n) is 16.6. The maximum absolute atomic E-state index is 12.9. The maximum atomic E-state index is 12.9. The number of amides is 4. The zero-order chi connectivity index (χ0) is 20.7. The van der Waals surface area contributed by atoms with Crippen molar-refractivity contribution in [2.24, 2.45) is 10.9 Å². The van der Waals surface area contributed by atoms with Gasteiger partial charge in [-0.25, -0.2) is 9.69 Å². The minimum atomic E-state index is -1.19. The molecule has 152 valence electrons. The van der Waals surface area contributed by atoms with Crippen molar-refractivity contribution in [1.82, 2.24) is 10.2 Å². The second kappa shape index (κ2) is 9.84. The molecule has 9 nitrogen and oxygen atoms in total. The van der Waals surface area contributed by atoms with E-state index in [-0.39, 0.29) is 5.69 Å². The molecule has 1 aliphatic rings. The number of anilines is 1. The van der Waals surface area contributed by atoms with Crippen molar-refractivity contribution >= 4 is 29.7 Å². The van der Waals surface area contributed by atoms with Gasteiger partial charge in [0.25, 0.3) is 5.91 Å². The highest BCUT2D eigenvalue weighted by molar-refractivity contribution is 6.33. The van der Waals surface area contributed by atoms with Crippen molar-refractivity contribution in [2.75, 3.05) is 45.3 Å². The number of carbonyl (C=O) groups excluding carboxylic acids is 3. The molecule has 0 bridgehead atoms. The van der Waals surface area contributed by atoms with E-state index in [0.717, 1.165) is 24.5 Å². The molecule has 1 aliphatic heterocycles. The van der Waals surface area contributed by atoms with Crippen molar-refractivity contribution in [1.29, 1.82) is 0 Å². The Morgan fingerprint density at radius 2 is 1.89 bits per heavy atom. The summed E-state index contributed by atoms with van der Waals surface area (Å²) < 4.78 is 10.4. The van der Waals surface area contributed by atoms with Gasteiger partial charge in [-0.2, -0.15) is 0 Å². The largest absolute Gasteiger partial charge is 0.497 e.